The van der Waals surface area contributed by atoms with Crippen molar-refractivity contribution < 1.29 is 5.11 Å². The van der Waals surface area contributed by atoms with Crippen LogP contribution in [-0.4, -0.2) is 18.7 Å². The highest BCUT2D eigenvalue weighted by molar-refractivity contribution is 5.54. The Morgan fingerprint density at radius 2 is 2.07 bits per heavy atom. The first kappa shape index (κ1) is 10.5. The van der Waals surface area contributed by atoms with Crippen LogP contribution in [0.25, 0.3) is 0 Å². The van der Waals surface area contributed by atoms with Gasteiger partial charge in [0.15, 0.2) is 0 Å². The molecule has 0 unspecified atom stereocenters. The van der Waals surface area contributed by atoms with Gasteiger partial charge in [0.05, 0.1) is 6.10 Å². The van der Waals surface area contributed by atoms with Gasteiger partial charge in [-0.05, 0) is 31.7 Å². The Kier molecular flexibility index (Phi) is 2.96. The van der Waals surface area contributed by atoms with Gasteiger partial charge in [-0.3, -0.25) is 0 Å². The van der Waals surface area contributed by atoms with Gasteiger partial charge in [0, 0.05) is 24.8 Å². The smallest absolute Gasteiger partial charge is 0.0781 e. The number of aliphatic hydroxyl groups is 1. The average molecular weight is 205 g/mol. The predicted octanol–water partition coefficient (Wildman–Crippen LogP) is 2.59. The molecule has 2 rings (SSSR count). The minimum atomic E-state index is -0.386. The summed E-state index contributed by atoms with van der Waals surface area (Å²) in [5.41, 5.74) is 2.19. The van der Waals surface area contributed by atoms with Gasteiger partial charge in [-0.25, -0.2) is 0 Å². The molecule has 1 fully saturated rings. The van der Waals surface area contributed by atoms with Crippen LogP contribution in [0.4, 0.5) is 5.69 Å². The second-order valence-electron chi connectivity index (χ2n) is 4.56. The van der Waals surface area contributed by atoms with Gasteiger partial charge >= 0.3 is 0 Å². The van der Waals surface area contributed by atoms with Gasteiger partial charge in [-0.15, -0.1) is 0 Å². The van der Waals surface area contributed by atoms with Crippen molar-refractivity contribution in [1.29, 1.82) is 0 Å². The lowest BCUT2D eigenvalue weighted by atomic mass is 10.1. The third-order valence-electron chi connectivity index (χ3n) is 3.03. The van der Waals surface area contributed by atoms with Crippen LogP contribution >= 0.6 is 0 Å². The number of hydrogen-bond donors (Lipinski definition) is 1. The van der Waals surface area contributed by atoms with Crippen molar-refractivity contribution in [2.75, 3.05) is 18.5 Å². The lowest BCUT2D eigenvalue weighted by molar-refractivity contribution is 0.199. The fourth-order valence-corrected chi connectivity index (χ4v) is 1.97. The topological polar surface area (TPSA) is 23.5 Å². The Labute approximate surface area is 91.5 Å². The number of para-hydroxylation sites is 1. The Morgan fingerprint density at radius 1 is 1.40 bits per heavy atom. The number of nitrogens with zero attached hydrogens (tertiary/aromatic N) is 1. The third kappa shape index (κ3) is 2.51. The molecule has 1 saturated carbocycles. The second-order valence-corrected chi connectivity index (χ2v) is 4.56. The van der Waals surface area contributed by atoms with Gasteiger partial charge in [0.25, 0.3) is 0 Å². The molecule has 0 aromatic heterocycles. The van der Waals surface area contributed by atoms with E-state index in [0.717, 1.165) is 18.0 Å². The van der Waals surface area contributed by atoms with Crippen LogP contribution in [0, 0.1) is 5.92 Å². The number of aliphatic hydroxyl groups excluding tert-OH is 1. The summed E-state index contributed by atoms with van der Waals surface area (Å²) < 4.78 is 0. The first-order chi connectivity index (χ1) is 7.18. The molecular weight excluding hydrogens is 186 g/mol. The molecule has 1 aromatic rings. The molecule has 0 bridgehead atoms. The van der Waals surface area contributed by atoms with Crippen LogP contribution in [0.2, 0.25) is 0 Å². The molecule has 2 heteroatoms. The molecule has 0 radical (unpaired) electrons. The fourth-order valence-electron chi connectivity index (χ4n) is 1.97. The molecule has 2 nitrogen and oxygen atoms in total. The number of benzene rings is 1. The highest BCUT2D eigenvalue weighted by Gasteiger charge is 2.23. The van der Waals surface area contributed by atoms with Crippen LogP contribution in [0.1, 0.15) is 31.4 Å². The van der Waals surface area contributed by atoms with E-state index in [1.165, 1.54) is 18.5 Å². The highest BCUT2D eigenvalue weighted by Crippen LogP contribution is 2.32. The number of anilines is 1. The van der Waals surface area contributed by atoms with E-state index in [2.05, 4.69) is 18.0 Å². The van der Waals surface area contributed by atoms with Crippen molar-refractivity contribution in [2.24, 2.45) is 5.92 Å². The first-order valence-corrected chi connectivity index (χ1v) is 5.66. The van der Waals surface area contributed by atoms with Crippen LogP contribution in [0.3, 0.4) is 0 Å². The zero-order valence-corrected chi connectivity index (χ0v) is 9.48. The van der Waals surface area contributed by atoms with Crippen molar-refractivity contribution in [3.05, 3.63) is 29.8 Å². The summed E-state index contributed by atoms with van der Waals surface area (Å²) >= 11 is 0. The summed E-state index contributed by atoms with van der Waals surface area (Å²) in [6, 6.07) is 8.11. The summed E-state index contributed by atoms with van der Waals surface area (Å²) in [5.74, 6) is 0.872. The summed E-state index contributed by atoms with van der Waals surface area (Å²) in [6.07, 6.45) is 2.34. The molecule has 82 valence electrons. The maximum Gasteiger partial charge on any atom is 0.0781 e. The van der Waals surface area contributed by atoms with E-state index < -0.39 is 0 Å². The average Bonchev–Trinajstić information content (AvgIpc) is 3.01. The first-order valence-electron chi connectivity index (χ1n) is 5.66. The van der Waals surface area contributed by atoms with Crippen molar-refractivity contribution in [3.8, 4) is 0 Å². The molecular formula is C13H19NO. The van der Waals surface area contributed by atoms with Crippen molar-refractivity contribution >= 4 is 5.69 Å². The highest BCUT2D eigenvalue weighted by atomic mass is 16.3. The summed E-state index contributed by atoms with van der Waals surface area (Å²) in [6.45, 7) is 2.94. The molecule has 0 spiro atoms. The second kappa shape index (κ2) is 4.23. The minimum Gasteiger partial charge on any atom is -0.389 e. The minimum absolute atomic E-state index is 0.386. The van der Waals surface area contributed by atoms with E-state index in [1.54, 1.807) is 0 Å². The van der Waals surface area contributed by atoms with Crippen molar-refractivity contribution in [3.63, 3.8) is 0 Å². The quantitative estimate of drug-likeness (QED) is 0.816. The summed E-state index contributed by atoms with van der Waals surface area (Å²) in [4.78, 5) is 2.26. The molecule has 0 heterocycles. The maximum atomic E-state index is 9.68. The molecule has 1 atom stereocenters. The predicted molar refractivity (Wildman–Crippen MR) is 63.1 cm³/mol. The molecule has 0 aliphatic heterocycles. The Bertz CT molecular complexity index is 331. The fraction of sp³-hybridized carbons (Fsp3) is 0.538. The molecule has 1 N–H and O–H groups in total. The number of hydrogen-bond acceptors (Lipinski definition) is 2. The van der Waals surface area contributed by atoms with Crippen LogP contribution < -0.4 is 4.90 Å². The zero-order valence-electron chi connectivity index (χ0n) is 9.48. The normalized spacial score (nSPS) is 17.5. The van der Waals surface area contributed by atoms with Crippen LogP contribution in [-0.2, 0) is 0 Å². The van der Waals surface area contributed by atoms with E-state index in [4.69, 9.17) is 0 Å². The molecule has 0 amide bonds. The lowest BCUT2D eigenvalue weighted by Gasteiger charge is -2.23. The zero-order chi connectivity index (χ0) is 10.8. The molecule has 15 heavy (non-hydrogen) atoms. The SMILES string of the molecule is C[C@H](O)c1ccccc1N(C)CC1CC1. The van der Waals surface area contributed by atoms with E-state index in [0.29, 0.717) is 0 Å². The monoisotopic (exact) mass is 205 g/mol. The molecule has 1 aromatic carbocycles. The Morgan fingerprint density at radius 3 is 2.67 bits per heavy atom. The molecule has 1 aliphatic carbocycles. The summed E-state index contributed by atoms with van der Waals surface area (Å²) in [5, 5.41) is 9.68. The Hall–Kier alpha value is -1.02. The van der Waals surface area contributed by atoms with Crippen LogP contribution in [0.5, 0.6) is 0 Å². The lowest BCUT2D eigenvalue weighted by Crippen LogP contribution is -2.21. The van der Waals surface area contributed by atoms with Gasteiger partial charge in [-0.1, -0.05) is 18.2 Å². The largest absolute Gasteiger partial charge is 0.389 e. The van der Waals surface area contributed by atoms with E-state index >= 15 is 0 Å². The van der Waals surface area contributed by atoms with Gasteiger partial charge < -0.3 is 10.0 Å². The molecule has 0 saturated heterocycles. The van der Waals surface area contributed by atoms with Crippen LogP contribution in [0.15, 0.2) is 24.3 Å². The van der Waals surface area contributed by atoms with Crippen molar-refractivity contribution in [2.45, 2.75) is 25.9 Å². The Balaban J connectivity index is 2.16. The van der Waals surface area contributed by atoms with Gasteiger partial charge in [0.2, 0.25) is 0 Å². The van der Waals surface area contributed by atoms with E-state index in [-0.39, 0.29) is 6.10 Å². The standard InChI is InChI=1S/C13H19NO/c1-10(15)12-5-3-4-6-13(12)14(2)9-11-7-8-11/h3-6,10-11,15H,7-9H2,1-2H3/t10-/m0/s1. The van der Waals surface area contributed by atoms with E-state index in [9.17, 15) is 5.11 Å². The van der Waals surface area contributed by atoms with E-state index in [1.807, 2.05) is 25.1 Å². The van der Waals surface area contributed by atoms with Gasteiger partial charge in [-0.2, -0.15) is 0 Å². The van der Waals surface area contributed by atoms with Gasteiger partial charge in [0.1, 0.15) is 0 Å². The third-order valence-corrected chi connectivity index (χ3v) is 3.03. The number of rotatable bonds is 4. The molecule has 1 aliphatic rings. The van der Waals surface area contributed by atoms with Crippen molar-refractivity contribution in [1.82, 2.24) is 0 Å². The maximum absolute atomic E-state index is 9.68. The summed E-state index contributed by atoms with van der Waals surface area (Å²) in [7, 11) is 2.11.